The zero-order valence-electron chi connectivity index (χ0n) is 20.2. The molecule has 0 radical (unpaired) electrons. The van der Waals surface area contributed by atoms with Crippen molar-refractivity contribution in [1.29, 1.82) is 0 Å². The molecule has 7 nitrogen and oxygen atoms in total. The minimum absolute atomic E-state index is 0.0704. The van der Waals surface area contributed by atoms with Crippen molar-refractivity contribution in [3.05, 3.63) is 76.0 Å². The molecule has 3 aromatic rings. The molecular weight excluding hydrogens is 484 g/mol. The van der Waals surface area contributed by atoms with Crippen molar-refractivity contribution >= 4 is 35.3 Å². The quantitative estimate of drug-likeness (QED) is 0.268. The van der Waals surface area contributed by atoms with Gasteiger partial charge in [0.1, 0.15) is 11.8 Å². The number of carbonyl (C=O) groups excluding carboxylic acids is 1. The summed E-state index contributed by atoms with van der Waals surface area (Å²) >= 11 is 7.80. The average Bonchev–Trinajstić information content (AvgIpc) is 3.23. The summed E-state index contributed by atoms with van der Waals surface area (Å²) in [6.45, 7) is 8.15. The van der Waals surface area contributed by atoms with E-state index in [2.05, 4.69) is 10.3 Å². The Morgan fingerprint density at radius 1 is 1.20 bits per heavy atom. The van der Waals surface area contributed by atoms with Gasteiger partial charge in [0.2, 0.25) is 11.1 Å². The Hall–Kier alpha value is -2.97. The summed E-state index contributed by atoms with van der Waals surface area (Å²) in [5.41, 5.74) is 3.10. The lowest BCUT2D eigenvalue weighted by molar-refractivity contribution is -0.139. The van der Waals surface area contributed by atoms with Crippen LogP contribution < -0.4 is 10.1 Å². The van der Waals surface area contributed by atoms with E-state index in [4.69, 9.17) is 26.2 Å². The number of anilines is 1. The third-order valence-corrected chi connectivity index (χ3v) is 6.63. The van der Waals surface area contributed by atoms with Crippen LogP contribution in [0.15, 0.2) is 65.0 Å². The molecule has 2 aromatic carbocycles. The monoisotopic (exact) mass is 512 g/mol. The second kappa shape index (κ2) is 11.2. The van der Waals surface area contributed by atoms with E-state index < -0.39 is 6.04 Å². The summed E-state index contributed by atoms with van der Waals surface area (Å²) in [5, 5.41) is 9.30. The van der Waals surface area contributed by atoms with Gasteiger partial charge in [0.05, 0.1) is 18.3 Å². The predicted octanol–water partition coefficient (Wildman–Crippen LogP) is 6.25. The predicted molar refractivity (Wildman–Crippen MR) is 139 cm³/mol. The van der Waals surface area contributed by atoms with Crippen molar-refractivity contribution in [3.8, 4) is 5.75 Å². The normalized spacial score (nSPS) is 15.1. The van der Waals surface area contributed by atoms with Gasteiger partial charge in [-0.2, -0.15) is 4.98 Å². The van der Waals surface area contributed by atoms with Gasteiger partial charge in [0.25, 0.3) is 0 Å². The molecule has 0 spiro atoms. The first kappa shape index (κ1) is 25.1. The lowest BCUT2D eigenvalue weighted by Crippen LogP contribution is -2.29. The van der Waals surface area contributed by atoms with Crippen LogP contribution in [0.1, 0.15) is 51.3 Å². The number of hydrogen-bond donors (Lipinski definition) is 1. The molecule has 1 N–H and O–H groups in total. The van der Waals surface area contributed by atoms with Crippen molar-refractivity contribution in [2.24, 2.45) is 0 Å². The van der Waals surface area contributed by atoms with Gasteiger partial charge in [-0.15, -0.1) is 5.10 Å². The summed E-state index contributed by atoms with van der Waals surface area (Å²) in [6.07, 6.45) is 0.815. The molecule has 1 atom stereocenters. The van der Waals surface area contributed by atoms with E-state index in [1.165, 1.54) is 11.8 Å². The summed E-state index contributed by atoms with van der Waals surface area (Å²) in [6, 6.07) is 15.0. The number of esters is 1. The number of rotatable bonds is 9. The van der Waals surface area contributed by atoms with Crippen LogP contribution in [-0.2, 0) is 15.3 Å². The van der Waals surface area contributed by atoms with Gasteiger partial charge in [0.15, 0.2) is 0 Å². The maximum Gasteiger partial charge on any atom is 0.338 e. The second-order valence-corrected chi connectivity index (χ2v) is 9.83. The largest absolute Gasteiger partial charge is 0.491 e. The number of ether oxygens (including phenoxy) is 2. The van der Waals surface area contributed by atoms with E-state index in [1.807, 2.05) is 76.2 Å². The molecule has 0 bridgehead atoms. The van der Waals surface area contributed by atoms with Gasteiger partial charge in [-0.3, -0.25) is 0 Å². The van der Waals surface area contributed by atoms with Gasteiger partial charge in [0, 0.05) is 16.5 Å². The molecule has 35 heavy (non-hydrogen) atoms. The van der Waals surface area contributed by atoms with Crippen molar-refractivity contribution in [3.63, 3.8) is 0 Å². The Balaban J connectivity index is 1.67. The van der Waals surface area contributed by atoms with Crippen molar-refractivity contribution in [2.45, 2.75) is 57.2 Å². The van der Waals surface area contributed by atoms with E-state index in [-0.39, 0.29) is 12.1 Å². The van der Waals surface area contributed by atoms with Gasteiger partial charge >= 0.3 is 5.97 Å². The minimum atomic E-state index is -0.481. The highest BCUT2D eigenvalue weighted by Crippen LogP contribution is 2.38. The van der Waals surface area contributed by atoms with Crippen LogP contribution in [0.2, 0.25) is 5.02 Å². The van der Waals surface area contributed by atoms with Crippen molar-refractivity contribution in [1.82, 2.24) is 14.8 Å². The van der Waals surface area contributed by atoms with E-state index in [9.17, 15) is 4.79 Å². The van der Waals surface area contributed by atoms with Crippen LogP contribution in [0.5, 0.6) is 5.75 Å². The molecule has 1 aliphatic rings. The summed E-state index contributed by atoms with van der Waals surface area (Å²) in [4.78, 5) is 17.8. The van der Waals surface area contributed by atoms with Crippen molar-refractivity contribution in [2.75, 3.05) is 11.9 Å². The van der Waals surface area contributed by atoms with Gasteiger partial charge in [-0.25, -0.2) is 9.48 Å². The SMILES string of the molecule is CCCOC(=O)C1=C(C)Nc2nc(SCc3ccccc3Cl)nn2C1c1ccc(OC(C)C)cc1. The second-order valence-electron chi connectivity index (χ2n) is 8.48. The van der Waals surface area contributed by atoms with Crippen LogP contribution in [-0.4, -0.2) is 33.4 Å². The van der Waals surface area contributed by atoms with Crippen molar-refractivity contribution < 1.29 is 14.3 Å². The number of allylic oxidation sites excluding steroid dienone is 1. The molecule has 1 unspecified atom stereocenters. The van der Waals surface area contributed by atoms with Crippen LogP contribution in [0.3, 0.4) is 0 Å². The van der Waals surface area contributed by atoms with Gasteiger partial charge in [-0.1, -0.05) is 60.6 Å². The molecule has 2 heterocycles. The first-order valence-corrected chi connectivity index (χ1v) is 13.0. The first-order chi connectivity index (χ1) is 16.9. The van der Waals surface area contributed by atoms with Crippen LogP contribution in [0, 0.1) is 0 Å². The van der Waals surface area contributed by atoms with E-state index in [0.717, 1.165) is 23.3 Å². The average molecular weight is 513 g/mol. The highest BCUT2D eigenvalue weighted by atomic mass is 35.5. The number of aromatic nitrogens is 3. The van der Waals surface area contributed by atoms with E-state index in [1.54, 1.807) is 4.68 Å². The standard InChI is InChI=1S/C26H29ClN4O3S/c1-5-14-33-24(32)22-17(4)28-25-29-26(35-15-19-8-6-7-9-21(19)27)30-31(25)23(22)18-10-12-20(13-11-18)34-16(2)3/h6-13,16,23H,5,14-15H2,1-4H3,(H,28,29,30). The minimum Gasteiger partial charge on any atom is -0.491 e. The number of halogens is 1. The van der Waals surface area contributed by atoms with E-state index in [0.29, 0.717) is 39.8 Å². The van der Waals surface area contributed by atoms with E-state index >= 15 is 0 Å². The maximum atomic E-state index is 13.1. The van der Waals surface area contributed by atoms with Crippen LogP contribution >= 0.6 is 23.4 Å². The number of carbonyl (C=O) groups is 1. The van der Waals surface area contributed by atoms with Gasteiger partial charge < -0.3 is 14.8 Å². The molecular formula is C26H29ClN4O3S. The Labute approximate surface area is 214 Å². The molecule has 184 valence electrons. The third kappa shape index (κ3) is 5.82. The van der Waals surface area contributed by atoms with Gasteiger partial charge in [-0.05, 0) is 56.5 Å². The highest BCUT2D eigenvalue weighted by molar-refractivity contribution is 7.98. The smallest absolute Gasteiger partial charge is 0.338 e. The number of benzene rings is 2. The summed E-state index contributed by atoms with van der Waals surface area (Å²) < 4.78 is 13.1. The number of nitrogens with zero attached hydrogens (tertiary/aromatic N) is 3. The molecule has 0 saturated heterocycles. The number of thioether (sulfide) groups is 1. The lowest BCUT2D eigenvalue weighted by Gasteiger charge is -2.28. The Kier molecular flexibility index (Phi) is 8.03. The third-order valence-electron chi connectivity index (χ3n) is 5.37. The summed E-state index contributed by atoms with van der Waals surface area (Å²) in [7, 11) is 0. The zero-order valence-corrected chi connectivity index (χ0v) is 21.8. The Morgan fingerprint density at radius 3 is 2.63 bits per heavy atom. The molecule has 4 rings (SSSR count). The number of nitrogens with one attached hydrogen (secondary N) is 1. The van der Waals surface area contributed by atoms with Crippen LogP contribution in [0.25, 0.3) is 0 Å². The fourth-order valence-electron chi connectivity index (χ4n) is 3.80. The van der Waals surface area contributed by atoms with Crippen LogP contribution in [0.4, 0.5) is 5.95 Å². The fourth-order valence-corrected chi connectivity index (χ4v) is 4.91. The Bertz CT molecular complexity index is 1220. The molecule has 0 fully saturated rings. The highest BCUT2D eigenvalue weighted by Gasteiger charge is 2.35. The number of fused-ring (bicyclic) bond motifs is 1. The molecule has 0 aliphatic carbocycles. The lowest BCUT2D eigenvalue weighted by atomic mass is 9.96. The molecule has 9 heteroatoms. The fraction of sp³-hybridized carbons (Fsp3) is 0.346. The molecule has 0 saturated carbocycles. The zero-order chi connectivity index (χ0) is 24.9. The Morgan fingerprint density at radius 2 is 1.94 bits per heavy atom. The first-order valence-electron chi connectivity index (χ1n) is 11.6. The molecule has 0 amide bonds. The topological polar surface area (TPSA) is 78.3 Å². The summed E-state index contributed by atoms with van der Waals surface area (Å²) in [5.74, 6) is 1.61. The number of hydrogen-bond acceptors (Lipinski definition) is 7. The maximum absolute atomic E-state index is 13.1. The molecule has 1 aliphatic heterocycles. The molecule has 1 aromatic heterocycles.